The van der Waals surface area contributed by atoms with Gasteiger partial charge in [-0.05, 0) is 27.0 Å². The average molecular weight is 234 g/mol. The van der Waals surface area contributed by atoms with Crippen molar-refractivity contribution in [2.24, 2.45) is 11.1 Å². The van der Waals surface area contributed by atoms with Crippen molar-refractivity contribution < 1.29 is 9.90 Å². The van der Waals surface area contributed by atoms with Gasteiger partial charge in [0.2, 0.25) is 5.91 Å². The molecule has 0 aromatic carbocycles. The van der Waals surface area contributed by atoms with Crippen molar-refractivity contribution in [3.05, 3.63) is 0 Å². The van der Waals surface area contributed by atoms with Gasteiger partial charge in [0.1, 0.15) is 0 Å². The Bertz CT molecular complexity index is 206. The second-order valence-corrected chi connectivity index (χ2v) is 5.38. The van der Waals surface area contributed by atoms with Gasteiger partial charge in [-0.15, -0.1) is 0 Å². The van der Waals surface area contributed by atoms with Crippen LogP contribution in [0.1, 0.15) is 20.8 Å². The lowest BCUT2D eigenvalue weighted by Crippen LogP contribution is -2.49. The first-order valence-corrected chi connectivity index (χ1v) is 6.32. The number of carbonyl (C=O) groups excluding carboxylic acids is 1. The van der Waals surface area contributed by atoms with E-state index in [1.54, 1.807) is 11.8 Å². The fourth-order valence-corrected chi connectivity index (χ4v) is 1.65. The van der Waals surface area contributed by atoms with Gasteiger partial charge in [0.25, 0.3) is 0 Å². The summed E-state index contributed by atoms with van der Waals surface area (Å²) in [6, 6.07) is -0.0525. The van der Waals surface area contributed by atoms with Gasteiger partial charge in [-0.3, -0.25) is 4.79 Å². The molecule has 15 heavy (non-hydrogen) atoms. The Morgan fingerprint density at radius 1 is 1.60 bits per heavy atom. The maximum atomic E-state index is 11.8. The lowest BCUT2D eigenvalue weighted by Gasteiger charge is -2.27. The van der Waals surface area contributed by atoms with Crippen molar-refractivity contribution in [2.45, 2.75) is 32.1 Å². The molecule has 4 N–H and O–H groups in total. The Hall–Kier alpha value is -0.260. The highest BCUT2D eigenvalue weighted by Crippen LogP contribution is 2.15. The van der Waals surface area contributed by atoms with E-state index in [2.05, 4.69) is 5.32 Å². The highest BCUT2D eigenvalue weighted by molar-refractivity contribution is 7.99. The lowest BCUT2D eigenvalue weighted by atomic mass is 9.92. The number of rotatable bonds is 6. The molecule has 0 bridgehead atoms. The zero-order valence-corrected chi connectivity index (χ0v) is 10.7. The minimum atomic E-state index is -0.549. The summed E-state index contributed by atoms with van der Waals surface area (Å²) in [6.07, 6.45) is 1.91. The fourth-order valence-electron chi connectivity index (χ4n) is 1.02. The molecule has 0 aromatic heterocycles. The molecule has 2 atom stereocenters. The third kappa shape index (κ3) is 4.40. The third-order valence-corrected chi connectivity index (χ3v) is 3.69. The molecular formula is C10H22N2O2S. The van der Waals surface area contributed by atoms with Crippen LogP contribution in [0.2, 0.25) is 0 Å². The molecule has 90 valence electrons. The first kappa shape index (κ1) is 14.7. The zero-order valence-electron chi connectivity index (χ0n) is 9.91. The zero-order chi connectivity index (χ0) is 12.1. The number of hydrogen-bond donors (Lipinski definition) is 3. The second kappa shape index (κ2) is 6.35. The van der Waals surface area contributed by atoms with Gasteiger partial charge < -0.3 is 16.2 Å². The Labute approximate surface area is 96.0 Å². The summed E-state index contributed by atoms with van der Waals surface area (Å²) >= 11 is 1.54. The molecule has 5 heteroatoms. The van der Waals surface area contributed by atoms with Gasteiger partial charge in [-0.2, -0.15) is 11.8 Å². The number of hydrogen-bond acceptors (Lipinski definition) is 4. The summed E-state index contributed by atoms with van der Waals surface area (Å²) in [5, 5.41) is 12.0. The van der Waals surface area contributed by atoms with E-state index in [0.29, 0.717) is 6.54 Å². The fraction of sp³-hybridized carbons (Fsp3) is 0.900. The van der Waals surface area contributed by atoms with Crippen LogP contribution < -0.4 is 11.1 Å². The van der Waals surface area contributed by atoms with Gasteiger partial charge in [0, 0.05) is 17.8 Å². The molecule has 0 spiro atoms. The Morgan fingerprint density at radius 3 is 2.47 bits per heavy atom. The molecule has 0 aliphatic rings. The molecule has 0 radical (unpaired) electrons. The molecule has 0 saturated carbocycles. The van der Waals surface area contributed by atoms with Gasteiger partial charge in [-0.25, -0.2) is 0 Å². The minimum Gasteiger partial charge on any atom is -0.395 e. The third-order valence-electron chi connectivity index (χ3n) is 2.52. The van der Waals surface area contributed by atoms with Crippen molar-refractivity contribution in [3.63, 3.8) is 0 Å². The number of nitrogens with two attached hydrogens (primary N) is 1. The Balaban J connectivity index is 4.29. The van der Waals surface area contributed by atoms with Gasteiger partial charge >= 0.3 is 0 Å². The number of aliphatic hydroxyl groups is 1. The molecule has 0 aliphatic carbocycles. The van der Waals surface area contributed by atoms with Crippen LogP contribution in [0.4, 0.5) is 0 Å². The lowest BCUT2D eigenvalue weighted by molar-refractivity contribution is -0.129. The van der Waals surface area contributed by atoms with Gasteiger partial charge in [-0.1, -0.05) is 0 Å². The number of thioether (sulfide) groups is 1. The maximum absolute atomic E-state index is 11.8. The van der Waals surface area contributed by atoms with Crippen molar-refractivity contribution in [2.75, 3.05) is 19.4 Å². The topological polar surface area (TPSA) is 75.3 Å². The molecule has 2 unspecified atom stereocenters. The van der Waals surface area contributed by atoms with Crippen LogP contribution >= 0.6 is 11.8 Å². The van der Waals surface area contributed by atoms with Crippen molar-refractivity contribution in [1.82, 2.24) is 5.32 Å². The van der Waals surface area contributed by atoms with Crippen LogP contribution in [0.3, 0.4) is 0 Å². The summed E-state index contributed by atoms with van der Waals surface area (Å²) in [4.78, 5) is 11.8. The van der Waals surface area contributed by atoms with Crippen molar-refractivity contribution in [3.8, 4) is 0 Å². The normalized spacial score (nSPS) is 15.9. The SMILES string of the molecule is CSC(CO)C(C)NC(=O)C(C)(C)CN. The number of amides is 1. The molecule has 0 heterocycles. The summed E-state index contributed by atoms with van der Waals surface area (Å²) in [7, 11) is 0. The van der Waals surface area contributed by atoms with E-state index in [4.69, 9.17) is 10.8 Å². The molecule has 0 rings (SSSR count). The molecule has 0 fully saturated rings. The highest BCUT2D eigenvalue weighted by atomic mass is 32.2. The van der Waals surface area contributed by atoms with Crippen LogP contribution in [-0.4, -0.2) is 41.7 Å². The van der Waals surface area contributed by atoms with Crippen molar-refractivity contribution in [1.29, 1.82) is 0 Å². The molecular weight excluding hydrogens is 212 g/mol. The van der Waals surface area contributed by atoms with Crippen LogP contribution in [0.5, 0.6) is 0 Å². The monoisotopic (exact) mass is 234 g/mol. The molecule has 0 aliphatic heterocycles. The van der Waals surface area contributed by atoms with E-state index >= 15 is 0 Å². The predicted octanol–water partition coefficient (Wildman–Crippen LogP) is 0.200. The first-order chi connectivity index (χ1) is 6.88. The Kier molecular flexibility index (Phi) is 6.24. The van der Waals surface area contributed by atoms with E-state index in [-0.39, 0.29) is 23.8 Å². The van der Waals surface area contributed by atoms with Crippen LogP contribution in [0.15, 0.2) is 0 Å². The molecule has 1 amide bonds. The largest absolute Gasteiger partial charge is 0.395 e. The first-order valence-electron chi connectivity index (χ1n) is 5.03. The number of carbonyl (C=O) groups is 1. The van der Waals surface area contributed by atoms with E-state index in [1.165, 1.54) is 0 Å². The summed E-state index contributed by atoms with van der Waals surface area (Å²) in [5.41, 5.74) is 4.96. The molecule has 4 nitrogen and oxygen atoms in total. The quantitative estimate of drug-likeness (QED) is 0.614. The van der Waals surface area contributed by atoms with Gasteiger partial charge in [0.05, 0.1) is 12.0 Å². The minimum absolute atomic E-state index is 0.0301. The molecule has 0 aromatic rings. The van der Waals surface area contributed by atoms with Crippen LogP contribution in [-0.2, 0) is 4.79 Å². The maximum Gasteiger partial charge on any atom is 0.227 e. The van der Waals surface area contributed by atoms with E-state index in [0.717, 1.165) is 0 Å². The average Bonchev–Trinajstić information content (AvgIpc) is 2.19. The Morgan fingerprint density at radius 2 is 2.13 bits per heavy atom. The summed E-state index contributed by atoms with van der Waals surface area (Å²) in [5.74, 6) is -0.0648. The molecule has 0 saturated heterocycles. The number of aliphatic hydroxyl groups excluding tert-OH is 1. The van der Waals surface area contributed by atoms with Crippen molar-refractivity contribution >= 4 is 17.7 Å². The smallest absolute Gasteiger partial charge is 0.227 e. The number of nitrogens with one attached hydrogen (secondary N) is 1. The van der Waals surface area contributed by atoms with Crippen LogP contribution in [0.25, 0.3) is 0 Å². The highest BCUT2D eigenvalue weighted by Gasteiger charge is 2.28. The summed E-state index contributed by atoms with van der Waals surface area (Å²) < 4.78 is 0. The van der Waals surface area contributed by atoms with Crippen LogP contribution in [0, 0.1) is 5.41 Å². The predicted molar refractivity (Wildman–Crippen MR) is 64.8 cm³/mol. The second-order valence-electron chi connectivity index (χ2n) is 4.31. The van der Waals surface area contributed by atoms with E-state index < -0.39 is 5.41 Å². The van der Waals surface area contributed by atoms with E-state index in [9.17, 15) is 4.79 Å². The van der Waals surface area contributed by atoms with E-state index in [1.807, 2.05) is 27.0 Å². The summed E-state index contributed by atoms with van der Waals surface area (Å²) in [6.45, 7) is 5.88. The van der Waals surface area contributed by atoms with Gasteiger partial charge in [0.15, 0.2) is 0 Å². The standard InChI is InChI=1S/C10H22N2O2S/c1-7(8(5-13)15-4)12-9(14)10(2,3)6-11/h7-8,13H,5-6,11H2,1-4H3,(H,12,14).